The Kier molecular flexibility index (Phi) is 4.29. The van der Waals surface area contributed by atoms with Gasteiger partial charge >= 0.3 is 0 Å². The highest BCUT2D eigenvalue weighted by molar-refractivity contribution is 5.91. The topological polar surface area (TPSA) is 8.17 Å². The van der Waals surface area contributed by atoms with Crippen LogP contribution >= 0.6 is 0 Å². The number of nitrogens with zero attached hydrogens (tertiary/aromatic N) is 2. The summed E-state index contributed by atoms with van der Waals surface area (Å²) in [6, 6.07) is 26.4. The van der Waals surface area contributed by atoms with Crippen molar-refractivity contribution in [1.29, 1.82) is 0 Å². The Bertz CT molecular complexity index is 1010. The normalized spacial score (nSPS) is 11.6. The summed E-state index contributed by atoms with van der Waals surface area (Å²) < 4.78 is 2.48. The van der Waals surface area contributed by atoms with Gasteiger partial charge in [-0.15, -0.1) is 0 Å². The van der Waals surface area contributed by atoms with Gasteiger partial charge in [0.2, 0.25) is 0 Å². The highest BCUT2D eigenvalue weighted by atomic mass is 15.1. The van der Waals surface area contributed by atoms with E-state index in [1.807, 2.05) is 0 Å². The molecule has 0 aliphatic rings. The third kappa shape index (κ3) is 3.18. The van der Waals surface area contributed by atoms with Gasteiger partial charge in [0, 0.05) is 23.1 Å². The second-order valence-corrected chi connectivity index (χ2v) is 6.96. The molecular weight excluding hydrogens is 304 g/mol. The third-order valence-electron chi connectivity index (χ3n) is 4.84. The maximum atomic E-state index is 2.48. The predicted octanol–water partition coefficient (Wildman–Crippen LogP) is 5.41. The summed E-state index contributed by atoms with van der Waals surface area (Å²) in [5.41, 5.74) is 3.93. The van der Waals surface area contributed by atoms with Crippen molar-refractivity contribution >= 4 is 21.7 Å². The van der Waals surface area contributed by atoms with Crippen LogP contribution in [0, 0.1) is 0 Å². The first-order valence-corrected chi connectivity index (χ1v) is 8.94. The number of aryl methyl sites for hydroxylation is 1. The van der Waals surface area contributed by atoms with Crippen molar-refractivity contribution in [2.75, 3.05) is 20.6 Å². The molecule has 0 bridgehead atoms. The lowest BCUT2D eigenvalue weighted by Gasteiger charge is -2.14. The highest BCUT2D eigenvalue weighted by Crippen LogP contribution is 2.30. The van der Waals surface area contributed by atoms with Gasteiger partial charge < -0.3 is 9.47 Å². The van der Waals surface area contributed by atoms with E-state index < -0.39 is 0 Å². The quantitative estimate of drug-likeness (QED) is 0.475. The van der Waals surface area contributed by atoms with Crippen LogP contribution in [0.5, 0.6) is 0 Å². The molecule has 0 fully saturated rings. The summed E-state index contributed by atoms with van der Waals surface area (Å²) >= 11 is 0. The van der Waals surface area contributed by atoms with Gasteiger partial charge in [0.25, 0.3) is 0 Å². The van der Waals surface area contributed by atoms with E-state index in [1.165, 1.54) is 32.9 Å². The molecule has 1 aromatic heterocycles. The van der Waals surface area contributed by atoms with E-state index in [9.17, 15) is 0 Å². The van der Waals surface area contributed by atoms with Gasteiger partial charge in [-0.3, -0.25) is 0 Å². The average molecular weight is 328 g/mol. The second-order valence-electron chi connectivity index (χ2n) is 6.96. The van der Waals surface area contributed by atoms with E-state index in [-0.39, 0.29) is 0 Å². The summed E-state index contributed by atoms with van der Waals surface area (Å²) in [5.74, 6) is 0. The molecule has 126 valence electrons. The molecule has 0 atom stereocenters. The number of aromatic nitrogens is 1. The smallest absolute Gasteiger partial charge is 0.0491 e. The minimum atomic E-state index is 1.04. The molecule has 3 aromatic carbocycles. The molecule has 0 saturated heterocycles. The van der Waals surface area contributed by atoms with Crippen LogP contribution in [0.4, 0.5) is 0 Å². The number of hydrogen-bond donors (Lipinski definition) is 0. The van der Waals surface area contributed by atoms with Crippen molar-refractivity contribution in [3.8, 4) is 11.3 Å². The highest BCUT2D eigenvalue weighted by Gasteiger charge is 2.11. The van der Waals surface area contributed by atoms with E-state index in [4.69, 9.17) is 0 Å². The Labute approximate surface area is 149 Å². The lowest BCUT2D eigenvalue weighted by Crippen LogP contribution is -2.15. The molecular formula is C23H24N2. The molecule has 0 unspecified atom stereocenters. The van der Waals surface area contributed by atoms with E-state index in [0.717, 1.165) is 19.5 Å². The largest absolute Gasteiger partial charge is 0.340 e. The zero-order chi connectivity index (χ0) is 17.2. The van der Waals surface area contributed by atoms with Crippen molar-refractivity contribution in [3.63, 3.8) is 0 Å². The summed E-state index contributed by atoms with van der Waals surface area (Å²) in [7, 11) is 4.27. The zero-order valence-electron chi connectivity index (χ0n) is 14.9. The monoisotopic (exact) mass is 328 g/mol. The van der Waals surface area contributed by atoms with Crippen molar-refractivity contribution in [1.82, 2.24) is 9.47 Å². The third-order valence-corrected chi connectivity index (χ3v) is 4.84. The molecule has 2 nitrogen and oxygen atoms in total. The Morgan fingerprint density at radius 1 is 0.760 bits per heavy atom. The van der Waals surface area contributed by atoms with Gasteiger partial charge in [-0.2, -0.15) is 0 Å². The van der Waals surface area contributed by atoms with Gasteiger partial charge in [0.05, 0.1) is 0 Å². The number of fused-ring (bicyclic) bond motifs is 2. The second kappa shape index (κ2) is 6.73. The Hall–Kier alpha value is -2.58. The standard InChI is InChI=1S/C23H24N2/c1-24(2)14-7-15-25-22-11-6-5-10-20(22)17-23(25)21-13-12-18-8-3-4-9-19(18)16-21/h3-6,8-13,16-17H,7,14-15H2,1-2H3. The van der Waals surface area contributed by atoms with E-state index in [1.54, 1.807) is 0 Å². The lowest BCUT2D eigenvalue weighted by atomic mass is 10.0. The molecule has 2 heteroatoms. The van der Waals surface area contributed by atoms with Crippen molar-refractivity contribution in [2.24, 2.45) is 0 Å². The number of para-hydroxylation sites is 1. The first-order chi connectivity index (χ1) is 12.2. The molecule has 0 aliphatic heterocycles. The first-order valence-electron chi connectivity index (χ1n) is 8.94. The Balaban J connectivity index is 1.81. The van der Waals surface area contributed by atoms with Crippen molar-refractivity contribution in [2.45, 2.75) is 13.0 Å². The van der Waals surface area contributed by atoms with Crippen LogP contribution in [0.25, 0.3) is 32.9 Å². The van der Waals surface area contributed by atoms with Crippen LogP contribution in [0.3, 0.4) is 0 Å². The molecule has 4 rings (SSSR count). The predicted molar refractivity (Wildman–Crippen MR) is 108 cm³/mol. The van der Waals surface area contributed by atoms with E-state index in [2.05, 4.69) is 96.4 Å². The molecule has 0 N–H and O–H groups in total. The van der Waals surface area contributed by atoms with E-state index >= 15 is 0 Å². The van der Waals surface area contributed by atoms with Gasteiger partial charge in [-0.05, 0) is 61.6 Å². The van der Waals surface area contributed by atoms with Crippen LogP contribution in [0.2, 0.25) is 0 Å². The molecule has 25 heavy (non-hydrogen) atoms. The van der Waals surface area contributed by atoms with Crippen molar-refractivity contribution in [3.05, 3.63) is 72.8 Å². The maximum Gasteiger partial charge on any atom is 0.0491 e. The fourth-order valence-corrected chi connectivity index (χ4v) is 3.58. The van der Waals surface area contributed by atoms with Gasteiger partial charge in [-0.25, -0.2) is 0 Å². The van der Waals surface area contributed by atoms with E-state index in [0.29, 0.717) is 0 Å². The van der Waals surface area contributed by atoms with Crippen LogP contribution in [0.15, 0.2) is 72.8 Å². The minimum Gasteiger partial charge on any atom is -0.340 e. The lowest BCUT2D eigenvalue weighted by molar-refractivity contribution is 0.388. The van der Waals surface area contributed by atoms with Crippen LogP contribution in [-0.2, 0) is 6.54 Å². The first kappa shape index (κ1) is 15.9. The fourth-order valence-electron chi connectivity index (χ4n) is 3.58. The van der Waals surface area contributed by atoms with Gasteiger partial charge in [0.15, 0.2) is 0 Å². The summed E-state index contributed by atoms with van der Waals surface area (Å²) in [6.45, 7) is 2.14. The minimum absolute atomic E-state index is 1.04. The Morgan fingerprint density at radius 2 is 1.48 bits per heavy atom. The molecule has 0 spiro atoms. The SMILES string of the molecule is CN(C)CCCn1c(-c2ccc3ccccc3c2)cc2ccccc21. The average Bonchev–Trinajstić information content (AvgIpc) is 3.00. The van der Waals surface area contributed by atoms with Crippen LogP contribution in [0.1, 0.15) is 6.42 Å². The molecule has 0 amide bonds. The Morgan fingerprint density at radius 3 is 2.28 bits per heavy atom. The van der Waals surface area contributed by atoms with Gasteiger partial charge in [0.1, 0.15) is 0 Å². The zero-order valence-corrected chi connectivity index (χ0v) is 14.9. The molecule has 0 radical (unpaired) electrons. The van der Waals surface area contributed by atoms with Crippen LogP contribution in [-0.4, -0.2) is 30.1 Å². The summed E-state index contributed by atoms with van der Waals surface area (Å²) in [5, 5.41) is 3.90. The summed E-state index contributed by atoms with van der Waals surface area (Å²) in [4.78, 5) is 2.25. The summed E-state index contributed by atoms with van der Waals surface area (Å²) in [6.07, 6.45) is 1.15. The maximum absolute atomic E-state index is 2.48. The fraction of sp³-hybridized carbons (Fsp3) is 0.217. The number of benzene rings is 3. The molecule has 0 aliphatic carbocycles. The van der Waals surface area contributed by atoms with Gasteiger partial charge in [-0.1, -0.05) is 54.6 Å². The number of hydrogen-bond acceptors (Lipinski definition) is 1. The molecule has 0 saturated carbocycles. The van der Waals surface area contributed by atoms with Crippen LogP contribution < -0.4 is 0 Å². The molecule has 4 aromatic rings. The molecule has 1 heterocycles. The van der Waals surface area contributed by atoms with Crippen molar-refractivity contribution < 1.29 is 0 Å². The number of rotatable bonds is 5.